The van der Waals surface area contributed by atoms with Crippen LogP contribution in [0.25, 0.3) is 0 Å². The number of rotatable bonds is 4. The van der Waals surface area contributed by atoms with E-state index in [9.17, 15) is 4.79 Å². The van der Waals surface area contributed by atoms with E-state index < -0.39 is 0 Å². The molecular weight excluding hydrogens is 324 g/mol. The summed E-state index contributed by atoms with van der Waals surface area (Å²) in [5, 5.41) is 6.71. The number of hydrogen-bond donors (Lipinski definition) is 2. The average molecular weight is 351 g/mol. The van der Waals surface area contributed by atoms with Gasteiger partial charge in [-0.2, -0.15) is 0 Å². The van der Waals surface area contributed by atoms with Crippen molar-refractivity contribution in [2.75, 3.05) is 20.2 Å². The van der Waals surface area contributed by atoms with E-state index in [2.05, 4.69) is 23.6 Å². The Labute approximate surface area is 150 Å². The van der Waals surface area contributed by atoms with Crippen molar-refractivity contribution in [1.29, 1.82) is 0 Å². The normalized spacial score (nSPS) is 32.6. The molecular formula is C19H27ClN2O2. The van der Waals surface area contributed by atoms with Gasteiger partial charge in [-0.05, 0) is 50.3 Å². The summed E-state index contributed by atoms with van der Waals surface area (Å²) in [7, 11) is 1.71. The van der Waals surface area contributed by atoms with Gasteiger partial charge in [-0.15, -0.1) is 12.4 Å². The lowest BCUT2D eigenvalue weighted by atomic mass is 9.91. The van der Waals surface area contributed by atoms with Gasteiger partial charge in [-0.1, -0.05) is 25.1 Å². The second kappa shape index (κ2) is 6.23. The Kier molecular flexibility index (Phi) is 4.56. The maximum absolute atomic E-state index is 12.6. The molecule has 4 rings (SSSR count). The first kappa shape index (κ1) is 17.6. The Morgan fingerprint density at radius 2 is 1.96 bits per heavy atom. The Balaban J connectivity index is 0.00000169. The fourth-order valence-electron chi connectivity index (χ4n) is 4.46. The third-order valence-corrected chi connectivity index (χ3v) is 6.38. The molecule has 2 N–H and O–H groups in total. The molecule has 2 aliphatic carbocycles. The molecule has 3 aliphatic rings. The van der Waals surface area contributed by atoms with Crippen LogP contribution in [-0.4, -0.2) is 32.1 Å². The molecule has 0 aromatic heterocycles. The van der Waals surface area contributed by atoms with E-state index in [1.54, 1.807) is 7.11 Å². The summed E-state index contributed by atoms with van der Waals surface area (Å²) in [6.07, 6.45) is 4.39. The van der Waals surface area contributed by atoms with Crippen LogP contribution in [0.5, 0.6) is 5.75 Å². The Bertz CT molecular complexity index is 630. The monoisotopic (exact) mass is 350 g/mol. The van der Waals surface area contributed by atoms with Crippen LogP contribution in [0.15, 0.2) is 24.3 Å². The van der Waals surface area contributed by atoms with Crippen LogP contribution in [0.4, 0.5) is 0 Å². The van der Waals surface area contributed by atoms with E-state index in [-0.39, 0.29) is 35.7 Å². The quantitative estimate of drug-likeness (QED) is 0.877. The van der Waals surface area contributed by atoms with Crippen molar-refractivity contribution in [3.63, 3.8) is 0 Å². The highest BCUT2D eigenvalue weighted by Gasteiger charge is 2.60. The standard InChI is InChI=1S/C19H26N2O2.ClH/c1-18(13-5-3-4-6-15(13)23-2)12-16(18)21-17(22)14-11-19(14)7-9-20-10-8-19;/h3-6,14,16,20H,7-12H2,1-2H3,(H,21,22);1H. The number of carbonyl (C=O) groups excluding carboxylic acids is 1. The van der Waals surface area contributed by atoms with E-state index in [0.717, 1.165) is 44.5 Å². The van der Waals surface area contributed by atoms with E-state index in [1.165, 1.54) is 5.56 Å². The van der Waals surface area contributed by atoms with Crippen molar-refractivity contribution in [2.24, 2.45) is 11.3 Å². The minimum atomic E-state index is 0. The van der Waals surface area contributed by atoms with Crippen LogP contribution in [0.2, 0.25) is 0 Å². The first-order valence-corrected chi connectivity index (χ1v) is 8.74. The van der Waals surface area contributed by atoms with Gasteiger partial charge in [0.05, 0.1) is 7.11 Å². The molecule has 1 amide bonds. The molecule has 3 fully saturated rings. The van der Waals surface area contributed by atoms with Gasteiger partial charge in [0.25, 0.3) is 0 Å². The third-order valence-electron chi connectivity index (χ3n) is 6.38. The Morgan fingerprint density at radius 1 is 1.25 bits per heavy atom. The highest BCUT2D eigenvalue weighted by Crippen LogP contribution is 2.59. The lowest BCUT2D eigenvalue weighted by molar-refractivity contribution is -0.123. The van der Waals surface area contributed by atoms with Crippen molar-refractivity contribution in [3.05, 3.63) is 29.8 Å². The summed E-state index contributed by atoms with van der Waals surface area (Å²) >= 11 is 0. The second-order valence-corrected chi connectivity index (χ2v) is 7.75. The molecule has 24 heavy (non-hydrogen) atoms. The average Bonchev–Trinajstić information content (AvgIpc) is 3.45. The van der Waals surface area contributed by atoms with Gasteiger partial charge in [-0.3, -0.25) is 4.79 Å². The number of hydrogen-bond acceptors (Lipinski definition) is 3. The zero-order valence-electron chi connectivity index (χ0n) is 14.4. The van der Waals surface area contributed by atoms with Crippen LogP contribution in [0.3, 0.4) is 0 Å². The zero-order chi connectivity index (χ0) is 16.1. The summed E-state index contributed by atoms with van der Waals surface area (Å²) in [6, 6.07) is 8.41. The first-order chi connectivity index (χ1) is 11.1. The van der Waals surface area contributed by atoms with Crippen LogP contribution >= 0.6 is 12.4 Å². The number of halogens is 1. The van der Waals surface area contributed by atoms with Gasteiger partial charge in [0.1, 0.15) is 5.75 Å². The first-order valence-electron chi connectivity index (χ1n) is 8.74. The minimum Gasteiger partial charge on any atom is -0.496 e. The van der Waals surface area contributed by atoms with E-state index in [0.29, 0.717) is 5.41 Å². The lowest BCUT2D eigenvalue weighted by Crippen LogP contribution is -2.36. The highest BCUT2D eigenvalue weighted by molar-refractivity contribution is 5.85. The molecule has 2 saturated carbocycles. The molecule has 1 aliphatic heterocycles. The minimum absolute atomic E-state index is 0. The largest absolute Gasteiger partial charge is 0.496 e. The number of amides is 1. The number of para-hydroxylation sites is 1. The summed E-state index contributed by atoms with van der Waals surface area (Å²) in [5.41, 5.74) is 1.53. The van der Waals surface area contributed by atoms with Gasteiger partial charge in [0.15, 0.2) is 0 Å². The molecule has 1 saturated heterocycles. The lowest BCUT2D eigenvalue weighted by Gasteiger charge is -2.23. The number of ether oxygens (including phenoxy) is 1. The SMILES string of the molecule is COc1ccccc1C1(C)CC1NC(=O)C1CC12CCNCC2.Cl. The summed E-state index contributed by atoms with van der Waals surface area (Å²) < 4.78 is 5.50. The smallest absolute Gasteiger partial charge is 0.223 e. The number of piperidine rings is 1. The van der Waals surface area contributed by atoms with Crippen LogP contribution < -0.4 is 15.4 Å². The van der Waals surface area contributed by atoms with Crippen LogP contribution in [-0.2, 0) is 10.2 Å². The molecule has 1 heterocycles. The van der Waals surface area contributed by atoms with Crippen molar-refractivity contribution in [3.8, 4) is 5.75 Å². The molecule has 3 unspecified atom stereocenters. The van der Waals surface area contributed by atoms with E-state index in [1.807, 2.05) is 18.2 Å². The molecule has 1 spiro atoms. The summed E-state index contributed by atoms with van der Waals surface area (Å²) in [5.74, 6) is 1.44. The van der Waals surface area contributed by atoms with E-state index >= 15 is 0 Å². The van der Waals surface area contributed by atoms with Gasteiger partial charge in [0, 0.05) is 22.9 Å². The highest BCUT2D eigenvalue weighted by atomic mass is 35.5. The summed E-state index contributed by atoms with van der Waals surface area (Å²) in [4.78, 5) is 12.6. The zero-order valence-corrected chi connectivity index (χ0v) is 15.2. The maximum atomic E-state index is 12.6. The molecule has 3 atom stereocenters. The molecule has 0 bridgehead atoms. The molecule has 0 radical (unpaired) electrons. The predicted octanol–water partition coefficient (Wildman–Crippen LogP) is 2.65. The van der Waals surface area contributed by atoms with Crippen molar-refractivity contribution >= 4 is 18.3 Å². The van der Waals surface area contributed by atoms with Crippen molar-refractivity contribution in [2.45, 2.75) is 44.1 Å². The fraction of sp³-hybridized carbons (Fsp3) is 0.632. The molecule has 1 aromatic carbocycles. The Hall–Kier alpha value is -1.26. The van der Waals surface area contributed by atoms with Crippen molar-refractivity contribution < 1.29 is 9.53 Å². The van der Waals surface area contributed by atoms with Gasteiger partial charge in [0.2, 0.25) is 5.91 Å². The predicted molar refractivity (Wildman–Crippen MR) is 96.8 cm³/mol. The van der Waals surface area contributed by atoms with Crippen LogP contribution in [0, 0.1) is 11.3 Å². The maximum Gasteiger partial charge on any atom is 0.223 e. The van der Waals surface area contributed by atoms with Gasteiger partial charge < -0.3 is 15.4 Å². The van der Waals surface area contributed by atoms with Crippen molar-refractivity contribution in [1.82, 2.24) is 10.6 Å². The molecule has 1 aromatic rings. The number of methoxy groups -OCH3 is 1. The topological polar surface area (TPSA) is 50.4 Å². The van der Waals surface area contributed by atoms with Crippen LogP contribution in [0.1, 0.15) is 38.2 Å². The molecule has 5 heteroatoms. The third kappa shape index (κ3) is 2.80. The van der Waals surface area contributed by atoms with E-state index in [4.69, 9.17) is 4.74 Å². The molecule has 4 nitrogen and oxygen atoms in total. The summed E-state index contributed by atoms with van der Waals surface area (Å²) in [6.45, 7) is 4.35. The van der Waals surface area contributed by atoms with Gasteiger partial charge >= 0.3 is 0 Å². The Morgan fingerprint density at radius 3 is 2.67 bits per heavy atom. The fourth-order valence-corrected chi connectivity index (χ4v) is 4.46. The number of nitrogens with one attached hydrogen (secondary N) is 2. The number of carbonyl (C=O) groups is 1. The number of benzene rings is 1. The molecule has 132 valence electrons. The second-order valence-electron chi connectivity index (χ2n) is 7.75. The van der Waals surface area contributed by atoms with Gasteiger partial charge in [-0.25, -0.2) is 0 Å².